The first-order valence-electron chi connectivity index (χ1n) is 5.17. The summed E-state index contributed by atoms with van der Waals surface area (Å²) in [7, 11) is 0. The fourth-order valence-electron chi connectivity index (χ4n) is 1.51. The smallest absolute Gasteiger partial charge is 0.304 e. The van der Waals surface area contributed by atoms with Gasteiger partial charge < -0.3 is 5.11 Å². The Kier molecular flexibility index (Phi) is 4.79. The molecule has 1 rings (SSSR count). The fourth-order valence-corrected chi connectivity index (χ4v) is 2.35. The third-order valence-electron chi connectivity index (χ3n) is 2.33. The molecule has 1 aliphatic rings. The summed E-state index contributed by atoms with van der Waals surface area (Å²) in [4.78, 5) is 34.5. The van der Waals surface area contributed by atoms with Crippen LogP contribution in [0.5, 0.6) is 0 Å². The summed E-state index contributed by atoms with van der Waals surface area (Å²) in [6.07, 6.45) is 1.22. The zero-order valence-corrected chi connectivity index (χ0v) is 9.96. The third-order valence-corrected chi connectivity index (χ3v) is 3.48. The van der Waals surface area contributed by atoms with E-state index in [4.69, 9.17) is 5.11 Å². The lowest BCUT2D eigenvalue weighted by Crippen LogP contribution is -2.33. The van der Waals surface area contributed by atoms with Crippen LogP contribution >= 0.6 is 11.8 Å². The molecule has 0 radical (unpaired) electrons. The lowest BCUT2D eigenvalue weighted by molar-refractivity contribution is -0.140. The number of carbonyl (C=O) groups excluding carboxylic acids is 2. The van der Waals surface area contributed by atoms with Gasteiger partial charge in [-0.25, -0.2) is 0 Å². The number of likely N-dealkylation sites (tertiary alicyclic amines) is 1. The third kappa shape index (κ3) is 3.84. The molecule has 1 fully saturated rings. The Morgan fingerprint density at radius 3 is 2.75 bits per heavy atom. The summed E-state index contributed by atoms with van der Waals surface area (Å²) in [5.41, 5.74) is 0. The molecular weight excluding hydrogens is 230 g/mol. The van der Waals surface area contributed by atoms with Crippen LogP contribution in [-0.2, 0) is 14.4 Å². The highest BCUT2D eigenvalue weighted by molar-refractivity contribution is 8.00. The van der Waals surface area contributed by atoms with Gasteiger partial charge in [-0.05, 0) is 6.42 Å². The molecule has 0 aromatic carbocycles. The van der Waals surface area contributed by atoms with Gasteiger partial charge in [-0.3, -0.25) is 19.3 Å². The van der Waals surface area contributed by atoms with Crippen molar-refractivity contribution < 1.29 is 19.5 Å². The Morgan fingerprint density at radius 1 is 1.56 bits per heavy atom. The van der Waals surface area contributed by atoms with Crippen molar-refractivity contribution in [3.05, 3.63) is 0 Å². The van der Waals surface area contributed by atoms with Crippen LogP contribution in [0.3, 0.4) is 0 Å². The Bertz CT molecular complexity index is 305. The molecule has 90 valence electrons. The normalized spacial score (nSPS) is 17.6. The molecule has 0 aromatic heterocycles. The Labute approximate surface area is 98.2 Å². The van der Waals surface area contributed by atoms with Gasteiger partial charge in [0.2, 0.25) is 11.8 Å². The first-order valence-corrected chi connectivity index (χ1v) is 6.22. The number of nitrogens with zero attached hydrogens (tertiary/aromatic N) is 1. The monoisotopic (exact) mass is 245 g/mol. The number of carboxylic acid groups (broad SMARTS) is 1. The number of amides is 2. The van der Waals surface area contributed by atoms with Crippen LogP contribution < -0.4 is 0 Å². The number of hydrogen-bond acceptors (Lipinski definition) is 4. The number of rotatable bonds is 5. The molecule has 16 heavy (non-hydrogen) atoms. The fraction of sp³-hybridized carbons (Fsp3) is 0.700. The van der Waals surface area contributed by atoms with Crippen molar-refractivity contribution >= 4 is 29.5 Å². The predicted octanol–water partition coefficient (Wildman–Crippen LogP) is 0.732. The van der Waals surface area contributed by atoms with Gasteiger partial charge in [0, 0.05) is 18.2 Å². The number of carboxylic acids is 1. The maximum absolute atomic E-state index is 11.6. The molecule has 5 nitrogen and oxygen atoms in total. The number of thioether (sulfide) groups is 1. The average molecular weight is 245 g/mol. The first kappa shape index (κ1) is 13.0. The van der Waals surface area contributed by atoms with Gasteiger partial charge >= 0.3 is 5.97 Å². The Hall–Kier alpha value is -1.04. The van der Waals surface area contributed by atoms with E-state index in [-0.39, 0.29) is 29.2 Å². The maximum atomic E-state index is 11.6. The Morgan fingerprint density at radius 2 is 2.25 bits per heavy atom. The summed E-state index contributed by atoms with van der Waals surface area (Å²) in [6, 6.07) is 0. The van der Waals surface area contributed by atoms with Gasteiger partial charge in [0.15, 0.2) is 0 Å². The highest BCUT2D eigenvalue weighted by Gasteiger charge is 2.26. The van der Waals surface area contributed by atoms with E-state index in [9.17, 15) is 14.4 Å². The van der Waals surface area contributed by atoms with E-state index < -0.39 is 5.97 Å². The molecule has 1 atom stereocenters. The maximum Gasteiger partial charge on any atom is 0.304 e. The minimum Gasteiger partial charge on any atom is -0.481 e. The van der Waals surface area contributed by atoms with Gasteiger partial charge in [-0.1, -0.05) is 6.92 Å². The minimum absolute atomic E-state index is 0.0336. The topological polar surface area (TPSA) is 74.7 Å². The van der Waals surface area contributed by atoms with Crippen LogP contribution in [0.2, 0.25) is 0 Å². The number of aliphatic carboxylic acids is 1. The zero-order valence-electron chi connectivity index (χ0n) is 9.14. The number of imide groups is 1. The van der Waals surface area contributed by atoms with E-state index in [2.05, 4.69) is 0 Å². The van der Waals surface area contributed by atoms with Crippen molar-refractivity contribution in [1.29, 1.82) is 0 Å². The standard InChI is InChI=1S/C10H15NO4S/c1-7(5-10(14)15)16-6-9(13)11-4-2-3-8(11)12/h7H,2-6H2,1H3,(H,14,15). The molecule has 1 N–H and O–H groups in total. The molecule has 0 aromatic rings. The number of hydrogen-bond donors (Lipinski definition) is 1. The van der Waals surface area contributed by atoms with E-state index in [0.717, 1.165) is 6.42 Å². The SMILES string of the molecule is CC(CC(=O)O)SCC(=O)N1CCCC1=O. The minimum atomic E-state index is -0.871. The molecule has 0 aliphatic carbocycles. The molecule has 6 heteroatoms. The molecule has 0 spiro atoms. The molecular formula is C10H15NO4S. The van der Waals surface area contributed by atoms with Crippen LogP contribution in [0.25, 0.3) is 0 Å². The van der Waals surface area contributed by atoms with Crippen molar-refractivity contribution in [2.24, 2.45) is 0 Å². The van der Waals surface area contributed by atoms with Crippen molar-refractivity contribution in [3.63, 3.8) is 0 Å². The van der Waals surface area contributed by atoms with Gasteiger partial charge in [-0.2, -0.15) is 0 Å². The molecule has 1 saturated heterocycles. The van der Waals surface area contributed by atoms with Gasteiger partial charge in [0.1, 0.15) is 0 Å². The second-order valence-corrected chi connectivity index (χ2v) is 5.19. The van der Waals surface area contributed by atoms with Crippen molar-refractivity contribution in [3.8, 4) is 0 Å². The van der Waals surface area contributed by atoms with Crippen LogP contribution in [0.4, 0.5) is 0 Å². The number of carbonyl (C=O) groups is 3. The van der Waals surface area contributed by atoms with Crippen molar-refractivity contribution in [2.45, 2.75) is 31.4 Å². The van der Waals surface area contributed by atoms with Crippen LogP contribution in [-0.4, -0.2) is 45.3 Å². The van der Waals surface area contributed by atoms with E-state index in [1.165, 1.54) is 16.7 Å². The van der Waals surface area contributed by atoms with Crippen molar-refractivity contribution in [2.75, 3.05) is 12.3 Å². The molecule has 1 unspecified atom stereocenters. The molecule has 0 saturated carbocycles. The molecule has 1 heterocycles. The van der Waals surface area contributed by atoms with Gasteiger partial charge in [0.25, 0.3) is 0 Å². The van der Waals surface area contributed by atoms with Crippen LogP contribution in [0, 0.1) is 0 Å². The summed E-state index contributed by atoms with van der Waals surface area (Å²) >= 11 is 1.28. The van der Waals surface area contributed by atoms with E-state index in [0.29, 0.717) is 13.0 Å². The van der Waals surface area contributed by atoms with E-state index >= 15 is 0 Å². The van der Waals surface area contributed by atoms with E-state index in [1.54, 1.807) is 6.92 Å². The summed E-state index contributed by atoms with van der Waals surface area (Å²) in [5, 5.41) is 8.43. The molecule has 0 bridgehead atoms. The van der Waals surface area contributed by atoms with Crippen molar-refractivity contribution in [1.82, 2.24) is 4.90 Å². The molecule has 1 aliphatic heterocycles. The van der Waals surface area contributed by atoms with E-state index in [1.807, 2.05) is 0 Å². The highest BCUT2D eigenvalue weighted by atomic mass is 32.2. The quantitative estimate of drug-likeness (QED) is 0.773. The summed E-state index contributed by atoms with van der Waals surface area (Å²) < 4.78 is 0. The van der Waals surface area contributed by atoms with Crippen LogP contribution in [0.15, 0.2) is 0 Å². The zero-order chi connectivity index (χ0) is 12.1. The van der Waals surface area contributed by atoms with Gasteiger partial charge in [0.05, 0.1) is 12.2 Å². The second kappa shape index (κ2) is 5.89. The highest BCUT2D eigenvalue weighted by Crippen LogP contribution is 2.17. The lowest BCUT2D eigenvalue weighted by Gasteiger charge is -2.14. The first-order chi connectivity index (χ1) is 7.50. The summed E-state index contributed by atoms with van der Waals surface area (Å²) in [6.45, 7) is 2.27. The van der Waals surface area contributed by atoms with Crippen LogP contribution in [0.1, 0.15) is 26.2 Å². The summed E-state index contributed by atoms with van der Waals surface area (Å²) in [5.74, 6) is -1.01. The second-order valence-electron chi connectivity index (χ2n) is 3.76. The van der Waals surface area contributed by atoms with Gasteiger partial charge in [-0.15, -0.1) is 11.8 Å². The lowest BCUT2D eigenvalue weighted by atomic mass is 10.3. The predicted molar refractivity (Wildman–Crippen MR) is 60.1 cm³/mol. The Balaban J connectivity index is 2.29. The largest absolute Gasteiger partial charge is 0.481 e. The molecule has 2 amide bonds. The average Bonchev–Trinajstić information content (AvgIpc) is 2.60.